The van der Waals surface area contributed by atoms with Crippen LogP contribution >= 0.6 is 11.6 Å². The number of anilines is 2. The first kappa shape index (κ1) is 16.9. The lowest BCUT2D eigenvalue weighted by atomic mass is 10.0. The lowest BCUT2D eigenvalue weighted by Crippen LogP contribution is -2.27. The Labute approximate surface area is 150 Å². The molecule has 0 unspecified atom stereocenters. The Balaban J connectivity index is 2.00. The summed E-state index contributed by atoms with van der Waals surface area (Å²) in [6, 6.07) is 8.90. The first-order chi connectivity index (χ1) is 11.3. The minimum atomic E-state index is 0.744. The highest BCUT2D eigenvalue weighted by molar-refractivity contribution is 6.31. The van der Waals surface area contributed by atoms with Crippen LogP contribution in [0.25, 0.3) is 0 Å². The van der Waals surface area contributed by atoms with E-state index < -0.39 is 0 Å². The molecule has 0 N–H and O–H groups in total. The molecule has 0 aliphatic carbocycles. The molecular formula is C21H25ClN2. The van der Waals surface area contributed by atoms with E-state index in [-0.39, 0.29) is 0 Å². The molecule has 0 fully saturated rings. The largest absolute Gasteiger partial charge is 0.326 e. The third-order valence-electron chi connectivity index (χ3n) is 4.64. The fourth-order valence-corrected chi connectivity index (χ4v) is 4.25. The van der Waals surface area contributed by atoms with Gasteiger partial charge in [0, 0.05) is 17.6 Å². The van der Waals surface area contributed by atoms with E-state index >= 15 is 0 Å². The SMILES string of the molecule is Cc1cc(C)c(N2C=C(Cl)N(c3c(C)cc(C)cc3C)C2)c(C)c1. The number of nitrogens with zero attached hydrogens (tertiary/aromatic N) is 2. The van der Waals surface area contributed by atoms with Crippen LogP contribution in [0.1, 0.15) is 33.4 Å². The minimum absolute atomic E-state index is 0.744. The normalized spacial score (nSPS) is 14.4. The van der Waals surface area contributed by atoms with E-state index in [1.807, 2.05) is 6.20 Å². The second kappa shape index (κ2) is 6.18. The van der Waals surface area contributed by atoms with Crippen LogP contribution in [0.3, 0.4) is 0 Å². The van der Waals surface area contributed by atoms with Gasteiger partial charge in [-0.05, 0) is 63.8 Å². The average Bonchev–Trinajstić information content (AvgIpc) is 2.78. The van der Waals surface area contributed by atoms with Crippen molar-refractivity contribution in [2.75, 3.05) is 16.5 Å². The van der Waals surface area contributed by atoms with Crippen molar-refractivity contribution in [3.05, 3.63) is 69.0 Å². The van der Waals surface area contributed by atoms with E-state index in [1.165, 1.54) is 44.8 Å². The van der Waals surface area contributed by atoms with E-state index in [4.69, 9.17) is 11.6 Å². The fourth-order valence-electron chi connectivity index (χ4n) is 4.00. The van der Waals surface area contributed by atoms with Crippen molar-refractivity contribution in [3.63, 3.8) is 0 Å². The first-order valence-corrected chi connectivity index (χ1v) is 8.73. The van der Waals surface area contributed by atoms with Crippen molar-refractivity contribution < 1.29 is 0 Å². The molecule has 2 aromatic rings. The van der Waals surface area contributed by atoms with Crippen LogP contribution in [0, 0.1) is 41.5 Å². The first-order valence-electron chi connectivity index (χ1n) is 8.35. The van der Waals surface area contributed by atoms with Gasteiger partial charge in [0.1, 0.15) is 11.8 Å². The molecule has 0 aromatic heterocycles. The Morgan fingerprint density at radius 3 is 1.58 bits per heavy atom. The van der Waals surface area contributed by atoms with Crippen LogP contribution in [0.5, 0.6) is 0 Å². The summed E-state index contributed by atoms with van der Waals surface area (Å²) in [5, 5.41) is 0.768. The molecule has 24 heavy (non-hydrogen) atoms. The molecular weight excluding hydrogens is 316 g/mol. The molecule has 1 heterocycles. The average molecular weight is 341 g/mol. The number of halogens is 1. The zero-order valence-corrected chi connectivity index (χ0v) is 16.1. The molecule has 2 nitrogen and oxygen atoms in total. The molecule has 0 saturated carbocycles. The molecule has 0 radical (unpaired) electrons. The Hall–Kier alpha value is -1.93. The predicted molar refractivity (Wildman–Crippen MR) is 105 cm³/mol. The van der Waals surface area contributed by atoms with Crippen molar-refractivity contribution in [2.45, 2.75) is 41.5 Å². The van der Waals surface area contributed by atoms with Crippen LogP contribution < -0.4 is 9.80 Å². The van der Waals surface area contributed by atoms with E-state index in [0.29, 0.717) is 0 Å². The van der Waals surface area contributed by atoms with Gasteiger partial charge in [0.2, 0.25) is 0 Å². The van der Waals surface area contributed by atoms with Crippen molar-refractivity contribution in [3.8, 4) is 0 Å². The van der Waals surface area contributed by atoms with Gasteiger partial charge in [-0.1, -0.05) is 47.0 Å². The maximum Gasteiger partial charge on any atom is 0.127 e. The monoisotopic (exact) mass is 340 g/mol. The summed E-state index contributed by atoms with van der Waals surface area (Å²) in [6.45, 7) is 13.7. The van der Waals surface area contributed by atoms with Gasteiger partial charge in [-0.15, -0.1) is 0 Å². The maximum absolute atomic E-state index is 6.62. The second-order valence-electron chi connectivity index (χ2n) is 6.99. The predicted octanol–water partition coefficient (Wildman–Crippen LogP) is 5.86. The number of rotatable bonds is 2. The molecule has 0 amide bonds. The van der Waals surface area contributed by atoms with Crippen LogP contribution in [-0.2, 0) is 0 Å². The van der Waals surface area contributed by atoms with Gasteiger partial charge in [0.25, 0.3) is 0 Å². The molecule has 1 aliphatic heterocycles. The lowest BCUT2D eigenvalue weighted by molar-refractivity contribution is 0.949. The van der Waals surface area contributed by atoms with Gasteiger partial charge in [-0.2, -0.15) is 0 Å². The smallest absolute Gasteiger partial charge is 0.127 e. The summed E-state index contributed by atoms with van der Waals surface area (Å²) < 4.78 is 0. The third-order valence-corrected chi connectivity index (χ3v) is 4.94. The summed E-state index contributed by atoms with van der Waals surface area (Å²) >= 11 is 6.62. The quantitative estimate of drug-likeness (QED) is 0.632. The van der Waals surface area contributed by atoms with Crippen molar-refractivity contribution in [1.82, 2.24) is 0 Å². The zero-order chi connectivity index (χ0) is 17.6. The van der Waals surface area contributed by atoms with E-state index in [0.717, 1.165) is 11.8 Å². The van der Waals surface area contributed by atoms with Gasteiger partial charge in [0.05, 0.1) is 0 Å². The minimum Gasteiger partial charge on any atom is -0.326 e. The summed E-state index contributed by atoms with van der Waals surface area (Å²) in [6.07, 6.45) is 2.05. The number of aryl methyl sites for hydroxylation is 6. The van der Waals surface area contributed by atoms with Crippen LogP contribution in [0.15, 0.2) is 35.6 Å². The third kappa shape index (κ3) is 2.91. The van der Waals surface area contributed by atoms with Gasteiger partial charge >= 0.3 is 0 Å². The standard InChI is InChI=1S/C21H25ClN2/c1-13-7-15(3)20(16(4)8-13)23-11-19(22)24(12-23)21-17(5)9-14(2)10-18(21)6/h7-11H,12H2,1-6H3. The highest BCUT2D eigenvalue weighted by atomic mass is 35.5. The number of benzene rings is 2. The van der Waals surface area contributed by atoms with E-state index in [2.05, 4.69) is 75.6 Å². The van der Waals surface area contributed by atoms with Gasteiger partial charge in [-0.25, -0.2) is 0 Å². The second-order valence-corrected chi connectivity index (χ2v) is 7.37. The summed E-state index contributed by atoms with van der Waals surface area (Å²) in [5.74, 6) is 0. The molecule has 1 aliphatic rings. The van der Waals surface area contributed by atoms with Crippen molar-refractivity contribution in [1.29, 1.82) is 0 Å². The molecule has 0 spiro atoms. The molecule has 3 heteroatoms. The lowest BCUT2D eigenvalue weighted by Gasteiger charge is -2.27. The highest BCUT2D eigenvalue weighted by Crippen LogP contribution is 2.37. The molecule has 3 rings (SSSR count). The van der Waals surface area contributed by atoms with Crippen molar-refractivity contribution >= 4 is 23.0 Å². The summed E-state index contributed by atoms with van der Waals surface area (Å²) in [4.78, 5) is 4.45. The summed E-state index contributed by atoms with van der Waals surface area (Å²) in [5.41, 5.74) is 10.1. The van der Waals surface area contributed by atoms with Crippen LogP contribution in [0.4, 0.5) is 11.4 Å². The molecule has 2 aromatic carbocycles. The molecule has 0 bridgehead atoms. The molecule has 0 saturated heterocycles. The van der Waals surface area contributed by atoms with Crippen LogP contribution in [0.2, 0.25) is 0 Å². The van der Waals surface area contributed by atoms with Crippen LogP contribution in [-0.4, -0.2) is 6.67 Å². The Morgan fingerprint density at radius 2 is 1.12 bits per heavy atom. The summed E-state index contributed by atoms with van der Waals surface area (Å²) in [7, 11) is 0. The van der Waals surface area contributed by atoms with Gasteiger partial charge in [0.15, 0.2) is 0 Å². The number of hydrogen-bond donors (Lipinski definition) is 0. The molecule has 0 atom stereocenters. The Kier molecular flexibility index (Phi) is 4.35. The number of hydrogen-bond acceptors (Lipinski definition) is 2. The highest BCUT2D eigenvalue weighted by Gasteiger charge is 2.26. The van der Waals surface area contributed by atoms with E-state index in [1.54, 1.807) is 0 Å². The zero-order valence-electron chi connectivity index (χ0n) is 15.4. The Bertz CT molecular complexity index is 790. The van der Waals surface area contributed by atoms with Gasteiger partial charge in [-0.3, -0.25) is 0 Å². The topological polar surface area (TPSA) is 6.48 Å². The van der Waals surface area contributed by atoms with Gasteiger partial charge < -0.3 is 9.80 Å². The fraction of sp³-hybridized carbons (Fsp3) is 0.333. The Morgan fingerprint density at radius 1 is 0.708 bits per heavy atom. The van der Waals surface area contributed by atoms with E-state index in [9.17, 15) is 0 Å². The maximum atomic E-state index is 6.62. The molecule has 126 valence electrons. The van der Waals surface area contributed by atoms with Crippen molar-refractivity contribution in [2.24, 2.45) is 0 Å².